The number of hydrogen-bond donors (Lipinski definition) is 1. The van der Waals surface area contributed by atoms with Crippen LogP contribution in [0.5, 0.6) is 0 Å². The maximum atomic E-state index is 5.10. The Labute approximate surface area is 78.7 Å². The summed E-state index contributed by atoms with van der Waals surface area (Å²) in [6, 6.07) is 3.87. The minimum Gasteiger partial charge on any atom is -0.302 e. The van der Waals surface area contributed by atoms with Crippen LogP contribution in [0, 0.1) is 12.3 Å². The van der Waals surface area contributed by atoms with Gasteiger partial charge in [-0.2, -0.15) is 0 Å². The van der Waals surface area contributed by atoms with Crippen LogP contribution in [0.25, 0.3) is 5.57 Å². The molecule has 0 unspecified atom stereocenters. The molecule has 13 heavy (non-hydrogen) atoms. The van der Waals surface area contributed by atoms with Gasteiger partial charge in [-0.25, -0.2) is 0 Å². The van der Waals surface area contributed by atoms with Crippen LogP contribution < -0.4 is 5.32 Å². The summed E-state index contributed by atoms with van der Waals surface area (Å²) in [5, 5.41) is 3.07. The number of nitrogens with zero attached hydrogens (tertiary/aromatic N) is 1. The molecule has 0 spiro atoms. The van der Waals surface area contributed by atoms with E-state index in [1.54, 1.807) is 12.4 Å². The summed E-state index contributed by atoms with van der Waals surface area (Å²) in [7, 11) is 0. The molecule has 66 valence electrons. The van der Waals surface area contributed by atoms with Crippen molar-refractivity contribution >= 4 is 5.57 Å². The lowest BCUT2D eigenvalue weighted by Crippen LogP contribution is -2.16. The Morgan fingerprint density at radius 3 is 3.15 bits per heavy atom. The van der Waals surface area contributed by atoms with Crippen molar-refractivity contribution < 1.29 is 0 Å². The van der Waals surface area contributed by atoms with Gasteiger partial charge in [0.15, 0.2) is 0 Å². The smallest absolute Gasteiger partial charge is 0.0576 e. The predicted octanol–water partition coefficient (Wildman–Crippen LogP) is 1.32. The van der Waals surface area contributed by atoms with E-state index >= 15 is 0 Å². The Hall–Kier alpha value is -1.59. The molecular weight excluding hydrogens is 160 g/mol. The topological polar surface area (TPSA) is 24.9 Å². The third-order valence-electron chi connectivity index (χ3n) is 1.64. The van der Waals surface area contributed by atoms with Crippen molar-refractivity contribution in [3.05, 3.63) is 36.7 Å². The van der Waals surface area contributed by atoms with Crippen LogP contribution >= 0.6 is 0 Å². The third kappa shape index (κ3) is 3.10. The fourth-order valence-electron chi connectivity index (χ4n) is 0.960. The molecule has 2 heteroatoms. The molecule has 0 aliphatic carbocycles. The number of rotatable bonds is 4. The molecule has 0 amide bonds. The fraction of sp³-hybridized carbons (Fsp3) is 0.182. The summed E-state index contributed by atoms with van der Waals surface area (Å²) in [6.45, 7) is 5.20. The molecule has 0 fully saturated rings. The molecule has 2 nitrogen and oxygen atoms in total. The second kappa shape index (κ2) is 5.13. The van der Waals surface area contributed by atoms with E-state index in [2.05, 4.69) is 22.8 Å². The van der Waals surface area contributed by atoms with E-state index in [1.165, 1.54) is 0 Å². The summed E-state index contributed by atoms with van der Waals surface area (Å²) < 4.78 is 0. The van der Waals surface area contributed by atoms with E-state index in [4.69, 9.17) is 6.42 Å². The van der Waals surface area contributed by atoms with Gasteiger partial charge in [-0.1, -0.05) is 18.6 Å². The largest absolute Gasteiger partial charge is 0.302 e. The highest BCUT2D eigenvalue weighted by molar-refractivity contribution is 5.63. The zero-order chi connectivity index (χ0) is 9.52. The SMILES string of the molecule is C#CCNCC(=C)c1cccnc1. The lowest BCUT2D eigenvalue weighted by molar-refractivity contribution is 0.868. The first-order valence-corrected chi connectivity index (χ1v) is 4.07. The number of hydrogen-bond acceptors (Lipinski definition) is 2. The molecule has 0 saturated heterocycles. The molecule has 1 N–H and O–H groups in total. The molecule has 1 aromatic heterocycles. The molecular formula is C11H12N2. The first kappa shape index (κ1) is 9.50. The molecule has 1 rings (SSSR count). The molecule has 1 heterocycles. The monoisotopic (exact) mass is 172 g/mol. The highest BCUT2D eigenvalue weighted by Crippen LogP contribution is 2.07. The van der Waals surface area contributed by atoms with Crippen LogP contribution in [0.3, 0.4) is 0 Å². The first-order chi connectivity index (χ1) is 6.34. The van der Waals surface area contributed by atoms with Gasteiger partial charge in [-0.05, 0) is 17.2 Å². The van der Waals surface area contributed by atoms with Gasteiger partial charge in [-0.15, -0.1) is 6.42 Å². The van der Waals surface area contributed by atoms with Crippen molar-refractivity contribution in [3.63, 3.8) is 0 Å². The summed E-state index contributed by atoms with van der Waals surface area (Å²) in [5.74, 6) is 2.51. The third-order valence-corrected chi connectivity index (χ3v) is 1.64. The van der Waals surface area contributed by atoms with Crippen LogP contribution in [0.2, 0.25) is 0 Å². The van der Waals surface area contributed by atoms with Gasteiger partial charge in [0.05, 0.1) is 6.54 Å². The average Bonchev–Trinajstić information content (AvgIpc) is 2.19. The van der Waals surface area contributed by atoms with Crippen molar-refractivity contribution in [2.24, 2.45) is 0 Å². The van der Waals surface area contributed by atoms with Crippen molar-refractivity contribution in [2.75, 3.05) is 13.1 Å². The molecule has 0 saturated carbocycles. The lowest BCUT2D eigenvalue weighted by Gasteiger charge is -2.04. The van der Waals surface area contributed by atoms with Crippen LogP contribution in [-0.4, -0.2) is 18.1 Å². The number of pyridine rings is 1. The Morgan fingerprint density at radius 1 is 1.69 bits per heavy atom. The second-order valence-corrected chi connectivity index (χ2v) is 2.65. The summed E-state index contributed by atoms with van der Waals surface area (Å²) in [6.07, 6.45) is 8.63. The van der Waals surface area contributed by atoms with Gasteiger partial charge in [0.25, 0.3) is 0 Å². The van der Waals surface area contributed by atoms with E-state index in [0.29, 0.717) is 13.1 Å². The van der Waals surface area contributed by atoms with Crippen molar-refractivity contribution in [2.45, 2.75) is 0 Å². The first-order valence-electron chi connectivity index (χ1n) is 4.07. The van der Waals surface area contributed by atoms with E-state index < -0.39 is 0 Å². The Kier molecular flexibility index (Phi) is 3.74. The van der Waals surface area contributed by atoms with Gasteiger partial charge >= 0.3 is 0 Å². The van der Waals surface area contributed by atoms with E-state index in [-0.39, 0.29) is 0 Å². The van der Waals surface area contributed by atoms with E-state index in [0.717, 1.165) is 11.1 Å². The minimum absolute atomic E-state index is 0.569. The molecule has 0 bridgehead atoms. The number of nitrogens with one attached hydrogen (secondary N) is 1. The van der Waals surface area contributed by atoms with Gasteiger partial charge < -0.3 is 5.32 Å². The van der Waals surface area contributed by atoms with Gasteiger partial charge in [-0.3, -0.25) is 4.98 Å². The molecule has 0 atom stereocenters. The Morgan fingerprint density at radius 2 is 2.54 bits per heavy atom. The van der Waals surface area contributed by atoms with Crippen molar-refractivity contribution in [1.82, 2.24) is 10.3 Å². The standard InChI is InChI=1S/C11H12N2/c1-3-6-12-8-10(2)11-5-4-7-13-9-11/h1,4-5,7,9,12H,2,6,8H2. The highest BCUT2D eigenvalue weighted by Gasteiger charge is 1.96. The molecule has 0 aliphatic rings. The fourth-order valence-corrected chi connectivity index (χ4v) is 0.960. The molecule has 1 aromatic rings. The molecule has 0 aromatic carbocycles. The lowest BCUT2D eigenvalue weighted by atomic mass is 10.1. The number of terminal acetylenes is 1. The Bertz CT molecular complexity index is 309. The summed E-state index contributed by atoms with van der Waals surface area (Å²) in [5.41, 5.74) is 2.05. The van der Waals surface area contributed by atoms with Crippen LogP contribution in [0.15, 0.2) is 31.1 Å². The van der Waals surface area contributed by atoms with Crippen LogP contribution in [0.4, 0.5) is 0 Å². The summed E-state index contributed by atoms with van der Waals surface area (Å²) >= 11 is 0. The second-order valence-electron chi connectivity index (χ2n) is 2.65. The normalized spacial score (nSPS) is 9.15. The maximum absolute atomic E-state index is 5.10. The average molecular weight is 172 g/mol. The quantitative estimate of drug-likeness (QED) is 0.547. The van der Waals surface area contributed by atoms with Gasteiger partial charge in [0.2, 0.25) is 0 Å². The van der Waals surface area contributed by atoms with Crippen molar-refractivity contribution in [3.8, 4) is 12.3 Å². The van der Waals surface area contributed by atoms with E-state index in [9.17, 15) is 0 Å². The van der Waals surface area contributed by atoms with Crippen LogP contribution in [-0.2, 0) is 0 Å². The molecule has 0 aliphatic heterocycles. The van der Waals surface area contributed by atoms with Gasteiger partial charge in [0, 0.05) is 18.9 Å². The minimum atomic E-state index is 0.569. The van der Waals surface area contributed by atoms with Crippen molar-refractivity contribution in [1.29, 1.82) is 0 Å². The number of aromatic nitrogens is 1. The zero-order valence-corrected chi connectivity index (χ0v) is 7.46. The zero-order valence-electron chi connectivity index (χ0n) is 7.46. The summed E-state index contributed by atoms with van der Waals surface area (Å²) in [4.78, 5) is 4.01. The predicted molar refractivity (Wildman–Crippen MR) is 55.0 cm³/mol. The maximum Gasteiger partial charge on any atom is 0.0576 e. The molecule has 0 radical (unpaired) electrons. The highest BCUT2D eigenvalue weighted by atomic mass is 14.8. The van der Waals surface area contributed by atoms with E-state index in [1.807, 2.05) is 12.1 Å². The van der Waals surface area contributed by atoms with Crippen LogP contribution in [0.1, 0.15) is 5.56 Å². The van der Waals surface area contributed by atoms with Gasteiger partial charge in [0.1, 0.15) is 0 Å². The Balaban J connectivity index is 2.46.